The second kappa shape index (κ2) is 7.90. The standard InChI is InChI=1S/C21H25N3O2S/c1-14-20(15-9-11-24(14)12-10-15)23-21(25)16-3-5-17(6-4-16)27-18-7-8-19(26-2)22-13-18/h3-8,13-15,20H,9-12H2,1-2H3,(H,23,25). The first kappa shape index (κ1) is 18.3. The van der Waals surface area contributed by atoms with Gasteiger partial charge < -0.3 is 10.1 Å². The number of methoxy groups -OCH3 is 1. The van der Waals surface area contributed by atoms with Gasteiger partial charge in [0.15, 0.2) is 0 Å². The number of carbonyl (C=O) groups is 1. The van der Waals surface area contributed by atoms with Crippen LogP contribution in [-0.2, 0) is 0 Å². The Labute approximate surface area is 164 Å². The molecule has 2 unspecified atom stereocenters. The van der Waals surface area contributed by atoms with Crippen LogP contribution < -0.4 is 10.1 Å². The molecule has 0 radical (unpaired) electrons. The second-order valence-corrected chi connectivity index (χ2v) is 8.42. The third-order valence-corrected chi connectivity index (χ3v) is 6.73. The number of ether oxygens (including phenoxy) is 1. The number of nitrogens with one attached hydrogen (secondary N) is 1. The van der Waals surface area contributed by atoms with E-state index in [1.54, 1.807) is 25.1 Å². The number of fused-ring (bicyclic) bond motifs is 3. The van der Waals surface area contributed by atoms with Crippen LogP contribution in [0.25, 0.3) is 0 Å². The smallest absolute Gasteiger partial charge is 0.251 e. The van der Waals surface area contributed by atoms with E-state index in [2.05, 4.69) is 22.1 Å². The first-order valence-electron chi connectivity index (χ1n) is 9.47. The van der Waals surface area contributed by atoms with Gasteiger partial charge in [-0.15, -0.1) is 0 Å². The zero-order valence-corrected chi connectivity index (χ0v) is 16.5. The summed E-state index contributed by atoms with van der Waals surface area (Å²) in [4.78, 5) is 21.5. The number of hydrogen-bond acceptors (Lipinski definition) is 5. The summed E-state index contributed by atoms with van der Waals surface area (Å²) >= 11 is 1.62. The van der Waals surface area contributed by atoms with Crippen molar-refractivity contribution in [3.05, 3.63) is 48.2 Å². The maximum Gasteiger partial charge on any atom is 0.251 e. The van der Waals surface area contributed by atoms with Gasteiger partial charge in [-0.25, -0.2) is 4.98 Å². The summed E-state index contributed by atoms with van der Waals surface area (Å²) in [5.41, 5.74) is 0.718. The van der Waals surface area contributed by atoms with Crippen molar-refractivity contribution in [1.82, 2.24) is 15.2 Å². The second-order valence-electron chi connectivity index (χ2n) is 7.28. The summed E-state index contributed by atoms with van der Waals surface area (Å²) in [5, 5.41) is 3.29. The SMILES string of the molecule is COc1ccc(Sc2ccc(C(=O)NC3C4CCN(CC4)C3C)cc2)cn1. The van der Waals surface area contributed by atoms with Gasteiger partial charge in [0.2, 0.25) is 5.88 Å². The molecule has 1 aromatic carbocycles. The lowest BCUT2D eigenvalue weighted by molar-refractivity contribution is 0.0217. The van der Waals surface area contributed by atoms with Crippen molar-refractivity contribution >= 4 is 17.7 Å². The molecule has 3 fully saturated rings. The Morgan fingerprint density at radius 2 is 1.85 bits per heavy atom. The lowest BCUT2D eigenvalue weighted by Crippen LogP contribution is -2.62. The zero-order chi connectivity index (χ0) is 18.8. The predicted molar refractivity (Wildman–Crippen MR) is 106 cm³/mol. The minimum absolute atomic E-state index is 0.0308. The number of pyridine rings is 1. The van der Waals surface area contributed by atoms with Gasteiger partial charge in [0, 0.05) is 39.7 Å². The fraction of sp³-hybridized carbons (Fsp3) is 0.429. The van der Waals surface area contributed by atoms with Gasteiger partial charge in [-0.3, -0.25) is 9.69 Å². The number of rotatable bonds is 5. The van der Waals surface area contributed by atoms with E-state index >= 15 is 0 Å². The predicted octanol–water partition coefficient (Wildman–Crippen LogP) is 3.45. The van der Waals surface area contributed by atoms with Crippen molar-refractivity contribution in [2.24, 2.45) is 5.92 Å². The summed E-state index contributed by atoms with van der Waals surface area (Å²) in [5.74, 6) is 1.25. The summed E-state index contributed by atoms with van der Waals surface area (Å²) in [6.07, 6.45) is 4.18. The molecule has 2 bridgehead atoms. The van der Waals surface area contributed by atoms with Crippen LogP contribution in [0.15, 0.2) is 52.4 Å². The van der Waals surface area contributed by atoms with E-state index in [0.29, 0.717) is 17.8 Å². The Morgan fingerprint density at radius 3 is 2.44 bits per heavy atom. The van der Waals surface area contributed by atoms with Crippen LogP contribution in [0.3, 0.4) is 0 Å². The largest absolute Gasteiger partial charge is 0.481 e. The topological polar surface area (TPSA) is 54.5 Å². The molecule has 1 N–H and O–H groups in total. The molecule has 1 amide bonds. The lowest BCUT2D eigenvalue weighted by atomic mass is 9.79. The van der Waals surface area contributed by atoms with Crippen molar-refractivity contribution < 1.29 is 9.53 Å². The third kappa shape index (κ3) is 3.96. The quantitative estimate of drug-likeness (QED) is 0.857. The minimum atomic E-state index is 0.0308. The van der Waals surface area contributed by atoms with Gasteiger partial charge in [0.05, 0.1) is 7.11 Å². The zero-order valence-electron chi connectivity index (χ0n) is 15.7. The highest BCUT2D eigenvalue weighted by atomic mass is 32.2. The highest BCUT2D eigenvalue weighted by Gasteiger charge is 2.40. The molecule has 0 aliphatic carbocycles. The van der Waals surface area contributed by atoms with Gasteiger partial charge >= 0.3 is 0 Å². The fourth-order valence-electron chi connectivity index (χ4n) is 4.14. The lowest BCUT2D eigenvalue weighted by Gasteiger charge is -2.49. The molecule has 0 spiro atoms. The number of carbonyl (C=O) groups excluding carboxylic acids is 1. The number of aromatic nitrogens is 1. The van der Waals surface area contributed by atoms with Crippen LogP contribution in [-0.4, -0.2) is 48.1 Å². The molecular formula is C21H25N3O2S. The van der Waals surface area contributed by atoms with Crippen molar-refractivity contribution in [2.45, 2.75) is 41.6 Å². The molecule has 3 aliphatic heterocycles. The Morgan fingerprint density at radius 1 is 1.15 bits per heavy atom. The van der Waals surface area contributed by atoms with E-state index in [9.17, 15) is 4.79 Å². The van der Waals surface area contributed by atoms with Crippen LogP contribution in [0.4, 0.5) is 0 Å². The normalized spacial score (nSPS) is 26.6. The van der Waals surface area contributed by atoms with Crippen LogP contribution in [0.5, 0.6) is 5.88 Å². The molecule has 1 aromatic heterocycles. The van der Waals surface area contributed by atoms with Gasteiger partial charge in [-0.1, -0.05) is 11.8 Å². The van der Waals surface area contributed by atoms with E-state index in [-0.39, 0.29) is 11.9 Å². The molecule has 2 aromatic rings. The maximum absolute atomic E-state index is 12.7. The average molecular weight is 384 g/mol. The third-order valence-electron chi connectivity index (χ3n) is 5.75. The average Bonchev–Trinajstić information content (AvgIpc) is 2.72. The number of piperidine rings is 3. The van der Waals surface area contributed by atoms with E-state index in [0.717, 1.165) is 15.4 Å². The fourth-order valence-corrected chi connectivity index (χ4v) is 4.92. The molecule has 4 heterocycles. The Hall–Kier alpha value is -2.05. The Bertz CT molecular complexity index is 784. The number of benzene rings is 1. The first-order chi connectivity index (χ1) is 13.1. The van der Waals surface area contributed by atoms with Crippen LogP contribution in [0, 0.1) is 5.92 Å². The summed E-state index contributed by atoms with van der Waals surface area (Å²) in [6, 6.07) is 12.3. The van der Waals surface area contributed by atoms with Crippen LogP contribution in [0.2, 0.25) is 0 Å². The van der Waals surface area contributed by atoms with Crippen molar-refractivity contribution in [3.8, 4) is 5.88 Å². The van der Waals surface area contributed by atoms with Gasteiger partial charge in [0.1, 0.15) is 0 Å². The number of amides is 1. The summed E-state index contributed by atoms with van der Waals surface area (Å²) in [6.45, 7) is 4.58. The van der Waals surface area contributed by atoms with Crippen molar-refractivity contribution in [1.29, 1.82) is 0 Å². The molecule has 5 rings (SSSR count). The van der Waals surface area contributed by atoms with Crippen LogP contribution in [0.1, 0.15) is 30.1 Å². The Kier molecular flexibility index (Phi) is 5.36. The van der Waals surface area contributed by atoms with Gasteiger partial charge in [-0.2, -0.15) is 0 Å². The number of nitrogens with zero attached hydrogens (tertiary/aromatic N) is 2. The monoisotopic (exact) mass is 383 g/mol. The molecule has 2 atom stereocenters. The van der Waals surface area contributed by atoms with E-state index in [1.165, 1.54) is 25.9 Å². The van der Waals surface area contributed by atoms with Gasteiger partial charge in [-0.05, 0) is 69.1 Å². The van der Waals surface area contributed by atoms with Gasteiger partial charge in [0.25, 0.3) is 5.91 Å². The highest BCUT2D eigenvalue weighted by molar-refractivity contribution is 7.99. The van der Waals surface area contributed by atoms with E-state index in [1.807, 2.05) is 36.4 Å². The first-order valence-corrected chi connectivity index (χ1v) is 10.3. The molecule has 3 saturated heterocycles. The van der Waals surface area contributed by atoms with Crippen LogP contribution >= 0.6 is 11.8 Å². The molecule has 5 nitrogen and oxygen atoms in total. The maximum atomic E-state index is 12.7. The van der Waals surface area contributed by atoms with E-state index < -0.39 is 0 Å². The summed E-state index contributed by atoms with van der Waals surface area (Å²) < 4.78 is 5.08. The summed E-state index contributed by atoms with van der Waals surface area (Å²) in [7, 11) is 1.61. The van der Waals surface area contributed by atoms with Crippen molar-refractivity contribution in [3.63, 3.8) is 0 Å². The molecule has 3 aliphatic rings. The molecule has 6 heteroatoms. The molecule has 142 valence electrons. The molecule has 27 heavy (non-hydrogen) atoms. The molecule has 0 saturated carbocycles. The molecular weight excluding hydrogens is 358 g/mol. The van der Waals surface area contributed by atoms with E-state index in [4.69, 9.17) is 4.74 Å². The minimum Gasteiger partial charge on any atom is -0.481 e. The number of hydrogen-bond donors (Lipinski definition) is 1. The van der Waals surface area contributed by atoms with Crippen molar-refractivity contribution in [2.75, 3.05) is 20.2 Å². The highest BCUT2D eigenvalue weighted by Crippen LogP contribution is 2.32. The Balaban J connectivity index is 1.38.